The summed E-state index contributed by atoms with van der Waals surface area (Å²) in [5.41, 5.74) is -0.499. The van der Waals surface area contributed by atoms with E-state index in [1.807, 2.05) is 6.92 Å². The first-order chi connectivity index (χ1) is 9.76. The molecule has 0 aliphatic rings. The van der Waals surface area contributed by atoms with Gasteiger partial charge in [0.1, 0.15) is 0 Å². The Bertz CT molecular complexity index is 336. The van der Waals surface area contributed by atoms with Gasteiger partial charge in [0, 0.05) is 12.5 Å². The Kier molecular flexibility index (Phi) is 9.56. The minimum Gasteiger partial charge on any atom is -0.361 e. The zero-order valence-electron chi connectivity index (χ0n) is 15.3. The second-order valence-electron chi connectivity index (χ2n) is 6.89. The number of carbonyl (C=O) groups is 1. The van der Waals surface area contributed by atoms with Crippen LogP contribution in [0.4, 0.5) is 0 Å². The fourth-order valence-corrected chi connectivity index (χ4v) is 2.46. The molecule has 0 aromatic rings. The molecule has 0 fully saturated rings. The molecule has 0 heterocycles. The summed E-state index contributed by atoms with van der Waals surface area (Å²) in [7, 11) is 0. The summed E-state index contributed by atoms with van der Waals surface area (Å²) in [6.07, 6.45) is 5.43. The monoisotopic (exact) mass is 296 g/mol. The molecule has 124 valence electrons. The molecule has 0 saturated carbocycles. The average molecular weight is 296 g/mol. The van der Waals surface area contributed by atoms with E-state index in [1.54, 1.807) is 6.92 Å². The van der Waals surface area contributed by atoms with E-state index in [0.717, 1.165) is 31.6 Å². The van der Waals surface area contributed by atoms with Gasteiger partial charge >= 0.3 is 0 Å². The number of nitrogens with zero attached hydrogens (tertiary/aromatic N) is 1. The maximum absolute atomic E-state index is 12.1. The Hall–Kier alpha value is -0.860. The summed E-state index contributed by atoms with van der Waals surface area (Å²) in [6.45, 7) is 15.4. The third-order valence-corrected chi connectivity index (χ3v) is 4.12. The molecule has 0 aliphatic heterocycles. The SMILES string of the molecule is CCCCCN=C(NC(C)(CC(C)C)C(C)=O)C(C)CC. The molecule has 0 saturated heterocycles. The number of hydrogen-bond acceptors (Lipinski definition) is 2. The summed E-state index contributed by atoms with van der Waals surface area (Å²) in [4.78, 5) is 16.9. The van der Waals surface area contributed by atoms with E-state index < -0.39 is 5.54 Å². The van der Waals surface area contributed by atoms with Gasteiger partial charge in [-0.2, -0.15) is 0 Å². The smallest absolute Gasteiger partial charge is 0.154 e. The number of Topliss-reactive ketones (excluding diaryl/α,β-unsaturated/α-hetero) is 1. The van der Waals surface area contributed by atoms with E-state index >= 15 is 0 Å². The third kappa shape index (κ3) is 7.63. The van der Waals surface area contributed by atoms with Crippen molar-refractivity contribution in [3.05, 3.63) is 0 Å². The molecule has 3 nitrogen and oxygen atoms in total. The average Bonchev–Trinajstić information content (AvgIpc) is 2.40. The standard InChI is InChI=1S/C18H36N2O/c1-8-10-11-12-19-17(15(5)9-2)20-18(7,16(6)21)13-14(3)4/h14-15H,8-13H2,1-7H3,(H,19,20). The predicted octanol–water partition coefficient (Wildman–Crippen LogP) is 4.60. The Morgan fingerprint density at radius 1 is 1.19 bits per heavy atom. The molecule has 2 unspecified atom stereocenters. The maximum Gasteiger partial charge on any atom is 0.154 e. The van der Waals surface area contributed by atoms with Crippen LogP contribution >= 0.6 is 0 Å². The molecule has 0 bridgehead atoms. The highest BCUT2D eigenvalue weighted by atomic mass is 16.1. The fraction of sp³-hybridized carbons (Fsp3) is 0.889. The van der Waals surface area contributed by atoms with Crippen molar-refractivity contribution in [1.82, 2.24) is 5.32 Å². The van der Waals surface area contributed by atoms with Crippen LogP contribution < -0.4 is 5.32 Å². The maximum atomic E-state index is 12.1. The highest BCUT2D eigenvalue weighted by molar-refractivity contribution is 5.93. The van der Waals surface area contributed by atoms with Gasteiger partial charge in [-0.25, -0.2) is 0 Å². The van der Waals surface area contributed by atoms with Gasteiger partial charge in [-0.1, -0.05) is 47.5 Å². The molecule has 3 heteroatoms. The normalized spacial score (nSPS) is 16.7. The van der Waals surface area contributed by atoms with Gasteiger partial charge in [0.15, 0.2) is 5.78 Å². The molecule has 0 amide bonds. The van der Waals surface area contributed by atoms with Crippen LogP contribution in [0, 0.1) is 11.8 Å². The van der Waals surface area contributed by atoms with Crippen molar-refractivity contribution in [1.29, 1.82) is 0 Å². The molecule has 21 heavy (non-hydrogen) atoms. The van der Waals surface area contributed by atoms with Crippen LogP contribution in [0.3, 0.4) is 0 Å². The largest absolute Gasteiger partial charge is 0.361 e. The second kappa shape index (κ2) is 9.97. The van der Waals surface area contributed by atoms with Crippen LogP contribution in [0.2, 0.25) is 0 Å². The van der Waals surface area contributed by atoms with Gasteiger partial charge in [-0.15, -0.1) is 0 Å². The van der Waals surface area contributed by atoms with E-state index in [-0.39, 0.29) is 5.78 Å². The molecule has 0 aromatic carbocycles. The van der Waals surface area contributed by atoms with Gasteiger partial charge in [0.2, 0.25) is 0 Å². The van der Waals surface area contributed by atoms with Crippen molar-refractivity contribution in [2.75, 3.05) is 6.54 Å². The van der Waals surface area contributed by atoms with E-state index in [2.05, 4.69) is 39.9 Å². The minimum atomic E-state index is -0.499. The van der Waals surface area contributed by atoms with Crippen LogP contribution in [0.25, 0.3) is 0 Å². The quantitative estimate of drug-likeness (QED) is 0.363. The van der Waals surface area contributed by atoms with Gasteiger partial charge in [0.25, 0.3) is 0 Å². The summed E-state index contributed by atoms with van der Waals surface area (Å²) < 4.78 is 0. The Morgan fingerprint density at radius 3 is 2.24 bits per heavy atom. The number of ketones is 1. The van der Waals surface area contributed by atoms with Crippen molar-refractivity contribution >= 4 is 11.6 Å². The van der Waals surface area contributed by atoms with Gasteiger partial charge in [0.05, 0.1) is 11.4 Å². The van der Waals surface area contributed by atoms with Crippen molar-refractivity contribution < 1.29 is 4.79 Å². The number of unbranched alkanes of at least 4 members (excludes halogenated alkanes) is 2. The first-order valence-corrected chi connectivity index (χ1v) is 8.60. The van der Waals surface area contributed by atoms with Gasteiger partial charge in [-0.3, -0.25) is 9.79 Å². The number of nitrogens with one attached hydrogen (secondary N) is 1. The minimum absolute atomic E-state index is 0.195. The lowest BCUT2D eigenvalue weighted by atomic mass is 9.86. The molecule has 0 aliphatic carbocycles. The van der Waals surface area contributed by atoms with Crippen LogP contribution in [0.5, 0.6) is 0 Å². The zero-order valence-corrected chi connectivity index (χ0v) is 15.3. The lowest BCUT2D eigenvalue weighted by Gasteiger charge is -2.33. The van der Waals surface area contributed by atoms with E-state index in [0.29, 0.717) is 11.8 Å². The summed E-state index contributed by atoms with van der Waals surface area (Å²) in [6, 6.07) is 0. The van der Waals surface area contributed by atoms with Crippen LogP contribution in [-0.2, 0) is 4.79 Å². The van der Waals surface area contributed by atoms with Crippen LogP contribution in [0.1, 0.15) is 80.6 Å². The number of rotatable bonds is 10. The van der Waals surface area contributed by atoms with E-state index in [9.17, 15) is 4.79 Å². The van der Waals surface area contributed by atoms with E-state index in [1.165, 1.54) is 12.8 Å². The molecule has 0 rings (SSSR count). The molecule has 1 N–H and O–H groups in total. The summed E-state index contributed by atoms with van der Waals surface area (Å²) in [5.74, 6) is 2.05. The topological polar surface area (TPSA) is 41.5 Å². The molecule has 0 aromatic heterocycles. The third-order valence-electron chi connectivity index (χ3n) is 4.12. The number of amidine groups is 1. The lowest BCUT2D eigenvalue weighted by Crippen LogP contribution is -2.53. The Morgan fingerprint density at radius 2 is 1.81 bits per heavy atom. The molecule has 2 atom stereocenters. The zero-order chi connectivity index (χ0) is 16.5. The molecule has 0 radical (unpaired) electrons. The van der Waals surface area contributed by atoms with Crippen LogP contribution in [0.15, 0.2) is 4.99 Å². The Balaban J connectivity index is 5.01. The van der Waals surface area contributed by atoms with Crippen molar-refractivity contribution in [3.8, 4) is 0 Å². The van der Waals surface area contributed by atoms with Crippen molar-refractivity contribution in [2.24, 2.45) is 16.8 Å². The van der Waals surface area contributed by atoms with Crippen molar-refractivity contribution in [2.45, 2.75) is 86.1 Å². The first-order valence-electron chi connectivity index (χ1n) is 8.60. The highest BCUT2D eigenvalue weighted by Crippen LogP contribution is 2.19. The van der Waals surface area contributed by atoms with Crippen LogP contribution in [-0.4, -0.2) is 23.7 Å². The van der Waals surface area contributed by atoms with Crippen molar-refractivity contribution in [3.63, 3.8) is 0 Å². The fourth-order valence-electron chi connectivity index (χ4n) is 2.46. The summed E-state index contributed by atoms with van der Waals surface area (Å²) in [5, 5.41) is 3.49. The number of hydrogen-bond donors (Lipinski definition) is 1. The Labute approximate surface area is 132 Å². The van der Waals surface area contributed by atoms with Gasteiger partial charge in [-0.05, 0) is 39.0 Å². The number of aliphatic imine (C=N–C) groups is 1. The predicted molar refractivity (Wildman–Crippen MR) is 93.0 cm³/mol. The first kappa shape index (κ1) is 20.1. The molecular weight excluding hydrogens is 260 g/mol. The second-order valence-corrected chi connectivity index (χ2v) is 6.89. The lowest BCUT2D eigenvalue weighted by molar-refractivity contribution is -0.122. The highest BCUT2D eigenvalue weighted by Gasteiger charge is 2.32. The summed E-state index contributed by atoms with van der Waals surface area (Å²) >= 11 is 0. The number of carbonyl (C=O) groups excluding carboxylic acids is 1. The van der Waals surface area contributed by atoms with Gasteiger partial charge < -0.3 is 5.32 Å². The van der Waals surface area contributed by atoms with E-state index in [4.69, 9.17) is 4.99 Å². The molecule has 0 spiro atoms. The molecular formula is C18H36N2O.